The largest absolute Gasteiger partial charge is 0.390 e. The second kappa shape index (κ2) is 15.9. The van der Waals surface area contributed by atoms with E-state index in [2.05, 4.69) is 33.1 Å². The third-order valence-corrected chi connectivity index (χ3v) is 12.0. The Labute approximate surface area is 306 Å². The summed E-state index contributed by atoms with van der Waals surface area (Å²) in [6, 6.07) is 22.0. The Bertz CT molecular complexity index is 1890. The molecule has 4 aromatic rings. The Hall–Kier alpha value is -3.68. The minimum absolute atomic E-state index is 0.0333. The number of nitrogens with one attached hydrogen (secondary N) is 3. The number of aliphatic hydroxyl groups excluding tert-OH is 1. The Balaban J connectivity index is 1.35. The maximum absolute atomic E-state index is 14.2. The summed E-state index contributed by atoms with van der Waals surface area (Å²) in [4.78, 5) is 32.2. The molecule has 1 aliphatic carbocycles. The lowest BCUT2D eigenvalue weighted by Gasteiger charge is -2.35. The van der Waals surface area contributed by atoms with Crippen molar-refractivity contribution in [1.82, 2.24) is 25.2 Å². The molecule has 0 radical (unpaired) electrons. The molecule has 51 heavy (non-hydrogen) atoms. The summed E-state index contributed by atoms with van der Waals surface area (Å²) in [6.45, 7) is 11.2. The summed E-state index contributed by atoms with van der Waals surface area (Å²) in [5.41, 5.74) is 3.43. The van der Waals surface area contributed by atoms with Gasteiger partial charge in [-0.3, -0.25) is 14.9 Å². The molecule has 0 saturated heterocycles. The highest BCUT2D eigenvalue weighted by atomic mass is 32.2. The minimum atomic E-state index is -4.01. The zero-order valence-corrected chi connectivity index (χ0v) is 31.9. The summed E-state index contributed by atoms with van der Waals surface area (Å²) >= 11 is 1.36. The maximum atomic E-state index is 14.2. The number of rotatable bonds is 16. The van der Waals surface area contributed by atoms with Crippen LogP contribution in [0, 0.1) is 11.3 Å². The number of benzene rings is 3. The second-order valence-electron chi connectivity index (χ2n) is 15.2. The van der Waals surface area contributed by atoms with Crippen molar-refractivity contribution in [3.05, 3.63) is 95.5 Å². The topological polar surface area (TPSA) is 141 Å². The molecule has 10 nitrogen and oxygen atoms in total. The van der Waals surface area contributed by atoms with Gasteiger partial charge in [0.05, 0.1) is 38.8 Å². The molecule has 4 atom stereocenters. The number of fused-ring (bicyclic) bond motifs is 1. The quantitative estimate of drug-likeness (QED) is 0.124. The number of hydrogen-bond acceptors (Lipinski definition) is 8. The molecule has 12 heteroatoms. The van der Waals surface area contributed by atoms with Crippen molar-refractivity contribution in [2.45, 2.75) is 95.5 Å². The van der Waals surface area contributed by atoms with Gasteiger partial charge in [-0.1, -0.05) is 95.3 Å². The van der Waals surface area contributed by atoms with Gasteiger partial charge >= 0.3 is 0 Å². The van der Waals surface area contributed by atoms with Gasteiger partial charge in [0.15, 0.2) is 0 Å². The molecule has 1 heterocycles. The monoisotopic (exact) mass is 733 g/mol. The molecule has 2 amide bonds. The van der Waals surface area contributed by atoms with Gasteiger partial charge in [-0.15, -0.1) is 11.3 Å². The van der Waals surface area contributed by atoms with Crippen LogP contribution in [0.25, 0.3) is 10.2 Å². The fourth-order valence-electron chi connectivity index (χ4n) is 6.40. The SMILES string of the molecule is CC(C)CN(C[C@@H](O)[C@H](Cc1ccccc1)NC(=O)C(NC(=O)[C@@H](C)NC1(c2ccccc2)CC1)C(C)(C)C)S(=O)(=O)c1ccc2ncsc2c1. The van der Waals surface area contributed by atoms with Crippen molar-refractivity contribution in [3.63, 3.8) is 0 Å². The van der Waals surface area contributed by atoms with E-state index in [1.54, 1.807) is 24.6 Å². The van der Waals surface area contributed by atoms with Gasteiger partial charge in [-0.25, -0.2) is 13.4 Å². The number of carbonyl (C=O) groups is 2. The first-order valence-electron chi connectivity index (χ1n) is 17.6. The molecule has 1 saturated carbocycles. The third kappa shape index (κ3) is 9.61. The van der Waals surface area contributed by atoms with Gasteiger partial charge in [0.1, 0.15) is 6.04 Å². The standard InChI is InChI=1S/C39H51N5O5S2/c1-26(2)23-44(51(48,49)30-17-18-31-34(22-30)50-25-40-31)24-33(45)32(21-28-13-9-7-10-14-28)41-37(47)35(38(4,5)6)42-36(46)27(3)43-39(19-20-39)29-15-11-8-12-16-29/h7-18,22,25-27,32-33,35,43,45H,19-21,23-24H2,1-6H3,(H,41,47)(H,42,46)/t27-,32+,33-,35?/m1/s1. The van der Waals surface area contributed by atoms with E-state index in [-0.39, 0.29) is 41.8 Å². The molecule has 1 aliphatic rings. The Morgan fingerprint density at radius 2 is 1.57 bits per heavy atom. The van der Waals surface area contributed by atoms with E-state index in [4.69, 9.17) is 0 Å². The van der Waals surface area contributed by atoms with E-state index in [1.165, 1.54) is 21.7 Å². The van der Waals surface area contributed by atoms with Crippen molar-refractivity contribution >= 4 is 43.4 Å². The molecular formula is C39H51N5O5S2. The van der Waals surface area contributed by atoms with Crippen LogP contribution in [0.4, 0.5) is 0 Å². The highest BCUT2D eigenvalue weighted by Crippen LogP contribution is 2.45. The predicted octanol–water partition coefficient (Wildman–Crippen LogP) is 5.23. The smallest absolute Gasteiger partial charge is 0.243 e. The number of nitrogens with zero attached hydrogens (tertiary/aromatic N) is 2. The first-order chi connectivity index (χ1) is 24.1. The molecule has 274 valence electrons. The highest BCUT2D eigenvalue weighted by Gasteiger charge is 2.46. The molecule has 0 aliphatic heterocycles. The van der Waals surface area contributed by atoms with Crippen LogP contribution in [0.1, 0.15) is 65.5 Å². The molecule has 4 N–H and O–H groups in total. The molecule has 1 fully saturated rings. The van der Waals surface area contributed by atoms with Crippen LogP contribution < -0.4 is 16.0 Å². The van der Waals surface area contributed by atoms with Gasteiger partial charge in [-0.2, -0.15) is 4.31 Å². The zero-order valence-electron chi connectivity index (χ0n) is 30.3. The normalized spacial score (nSPS) is 16.8. The van der Waals surface area contributed by atoms with Crippen LogP contribution in [0.2, 0.25) is 0 Å². The molecule has 0 bridgehead atoms. The fraction of sp³-hybridized carbons (Fsp3) is 0.462. The lowest BCUT2D eigenvalue weighted by atomic mass is 9.85. The van der Waals surface area contributed by atoms with E-state index in [0.29, 0.717) is 5.52 Å². The number of aromatic nitrogens is 1. The maximum Gasteiger partial charge on any atom is 0.243 e. The number of amides is 2. The van der Waals surface area contributed by atoms with Gasteiger partial charge in [0, 0.05) is 18.6 Å². The number of aliphatic hydroxyl groups is 1. The Morgan fingerprint density at radius 3 is 2.18 bits per heavy atom. The van der Waals surface area contributed by atoms with E-state index in [1.807, 2.05) is 83.1 Å². The molecule has 1 aromatic heterocycles. The lowest BCUT2D eigenvalue weighted by Crippen LogP contribution is -2.60. The van der Waals surface area contributed by atoms with Crippen molar-refractivity contribution in [2.24, 2.45) is 11.3 Å². The summed E-state index contributed by atoms with van der Waals surface area (Å²) < 4.78 is 30.1. The molecule has 3 aromatic carbocycles. The van der Waals surface area contributed by atoms with Crippen molar-refractivity contribution in [1.29, 1.82) is 0 Å². The predicted molar refractivity (Wildman–Crippen MR) is 203 cm³/mol. The van der Waals surface area contributed by atoms with Gasteiger partial charge in [0.2, 0.25) is 21.8 Å². The van der Waals surface area contributed by atoms with E-state index in [0.717, 1.165) is 28.7 Å². The molecule has 1 unspecified atom stereocenters. The fourth-order valence-corrected chi connectivity index (χ4v) is 8.84. The second-order valence-corrected chi connectivity index (χ2v) is 18.0. The number of carbonyl (C=O) groups excluding carboxylic acids is 2. The van der Waals surface area contributed by atoms with E-state index >= 15 is 0 Å². The summed E-state index contributed by atoms with van der Waals surface area (Å²) in [7, 11) is -4.01. The average Bonchev–Trinajstić information content (AvgIpc) is 3.71. The highest BCUT2D eigenvalue weighted by molar-refractivity contribution is 7.89. The minimum Gasteiger partial charge on any atom is -0.390 e. The van der Waals surface area contributed by atoms with Crippen LogP contribution >= 0.6 is 11.3 Å². The summed E-state index contributed by atoms with van der Waals surface area (Å²) in [5.74, 6) is -0.797. The van der Waals surface area contributed by atoms with Gasteiger partial charge in [0.25, 0.3) is 0 Å². The Morgan fingerprint density at radius 1 is 0.922 bits per heavy atom. The van der Waals surface area contributed by atoms with Crippen molar-refractivity contribution in [3.8, 4) is 0 Å². The van der Waals surface area contributed by atoms with Gasteiger partial charge in [-0.05, 0) is 66.8 Å². The van der Waals surface area contributed by atoms with Crippen LogP contribution in [-0.4, -0.2) is 71.9 Å². The van der Waals surface area contributed by atoms with Gasteiger partial charge < -0.3 is 15.7 Å². The van der Waals surface area contributed by atoms with Crippen LogP contribution in [0.3, 0.4) is 0 Å². The van der Waals surface area contributed by atoms with Crippen molar-refractivity contribution < 1.29 is 23.1 Å². The first kappa shape index (κ1) is 38.5. The molecule has 0 spiro atoms. The number of thiazole rings is 1. The van der Waals surface area contributed by atoms with Crippen molar-refractivity contribution in [2.75, 3.05) is 13.1 Å². The third-order valence-electron chi connectivity index (χ3n) is 9.37. The molecular weight excluding hydrogens is 683 g/mol. The molecule has 5 rings (SSSR count). The first-order valence-corrected chi connectivity index (χ1v) is 19.9. The zero-order chi connectivity index (χ0) is 37.0. The summed E-state index contributed by atoms with van der Waals surface area (Å²) in [6.07, 6.45) is 0.811. The van der Waals surface area contributed by atoms with Crippen LogP contribution in [-0.2, 0) is 31.6 Å². The lowest BCUT2D eigenvalue weighted by molar-refractivity contribution is -0.133. The van der Waals surface area contributed by atoms with E-state index < -0.39 is 45.6 Å². The van der Waals surface area contributed by atoms with E-state index in [9.17, 15) is 23.1 Å². The van der Waals surface area contributed by atoms with Crippen LogP contribution in [0.5, 0.6) is 0 Å². The Kier molecular flexibility index (Phi) is 12.0. The van der Waals surface area contributed by atoms with Crippen LogP contribution in [0.15, 0.2) is 89.3 Å². The number of hydrogen-bond donors (Lipinski definition) is 4. The number of sulfonamides is 1. The average molecular weight is 734 g/mol. The summed E-state index contributed by atoms with van der Waals surface area (Å²) in [5, 5.41) is 21.3.